The average Bonchev–Trinajstić information content (AvgIpc) is 2.38. The third-order valence-electron chi connectivity index (χ3n) is 3.54. The van der Waals surface area contributed by atoms with Crippen LogP contribution in [0.15, 0.2) is 0 Å². The molecule has 176 valence electrons. The average molecular weight is 419 g/mol. The molecular formula is C24H50O5. The van der Waals surface area contributed by atoms with Crippen LogP contribution in [0.1, 0.15) is 96.9 Å². The Labute approximate surface area is 181 Å². The molecule has 0 bridgehead atoms. The van der Waals surface area contributed by atoms with E-state index in [0.29, 0.717) is 26.4 Å². The van der Waals surface area contributed by atoms with Crippen LogP contribution >= 0.6 is 0 Å². The Kier molecular flexibility index (Phi) is 9.88. The van der Waals surface area contributed by atoms with Gasteiger partial charge in [-0.05, 0) is 96.9 Å². The Hall–Kier alpha value is -0.200. The van der Waals surface area contributed by atoms with Crippen molar-refractivity contribution < 1.29 is 23.7 Å². The van der Waals surface area contributed by atoms with Gasteiger partial charge < -0.3 is 23.7 Å². The molecule has 0 aromatic heterocycles. The lowest BCUT2D eigenvalue weighted by molar-refractivity contribution is -0.222. The van der Waals surface area contributed by atoms with E-state index in [1.165, 1.54) is 0 Å². The van der Waals surface area contributed by atoms with E-state index >= 15 is 0 Å². The molecule has 0 heterocycles. The molecule has 0 aromatic rings. The third-order valence-corrected chi connectivity index (χ3v) is 3.54. The summed E-state index contributed by atoms with van der Waals surface area (Å²) in [7, 11) is 0. The summed E-state index contributed by atoms with van der Waals surface area (Å²) < 4.78 is 30.9. The molecule has 0 aromatic carbocycles. The highest BCUT2D eigenvalue weighted by Crippen LogP contribution is 2.26. The maximum absolute atomic E-state index is 6.33. The predicted octanol–water partition coefficient (Wildman–Crippen LogP) is 5.78. The van der Waals surface area contributed by atoms with Gasteiger partial charge in [-0.25, -0.2) is 0 Å². The zero-order valence-corrected chi connectivity index (χ0v) is 21.9. The molecule has 0 radical (unpaired) electrons. The van der Waals surface area contributed by atoms with Crippen molar-refractivity contribution in [2.75, 3.05) is 26.4 Å². The van der Waals surface area contributed by atoms with Gasteiger partial charge >= 0.3 is 0 Å². The lowest BCUT2D eigenvalue weighted by atomic mass is 10.0. The van der Waals surface area contributed by atoms with Gasteiger partial charge in [-0.15, -0.1) is 0 Å². The summed E-state index contributed by atoms with van der Waals surface area (Å²) in [4.78, 5) is 0. The molecule has 5 nitrogen and oxygen atoms in total. The Balaban J connectivity index is 5.20. The van der Waals surface area contributed by atoms with Gasteiger partial charge in [0.2, 0.25) is 0 Å². The predicted molar refractivity (Wildman–Crippen MR) is 121 cm³/mol. The van der Waals surface area contributed by atoms with E-state index in [0.717, 1.165) is 0 Å². The molecule has 29 heavy (non-hydrogen) atoms. The molecule has 0 fully saturated rings. The zero-order chi connectivity index (χ0) is 23.4. The topological polar surface area (TPSA) is 46.2 Å². The molecule has 0 rings (SSSR count). The summed E-state index contributed by atoms with van der Waals surface area (Å²) in [5.74, 6) is 0. The Bertz CT molecular complexity index is 431. The van der Waals surface area contributed by atoms with Crippen LogP contribution in [0.3, 0.4) is 0 Å². The second kappa shape index (κ2) is 9.95. The van der Waals surface area contributed by atoms with Gasteiger partial charge in [0.25, 0.3) is 0 Å². The van der Waals surface area contributed by atoms with Gasteiger partial charge in [-0.2, -0.15) is 0 Å². The van der Waals surface area contributed by atoms with E-state index < -0.39 is 11.2 Å². The molecule has 0 aliphatic heterocycles. The minimum Gasteiger partial charge on any atom is -0.375 e. The third kappa shape index (κ3) is 16.2. The highest BCUT2D eigenvalue weighted by atomic mass is 16.6. The molecule has 0 aliphatic rings. The number of rotatable bonds is 10. The normalized spacial score (nSPS) is 18.4. The molecule has 5 heteroatoms. The fourth-order valence-electron chi connectivity index (χ4n) is 2.90. The molecule has 2 unspecified atom stereocenters. The Morgan fingerprint density at radius 1 is 0.379 bits per heavy atom. The molecular weight excluding hydrogens is 368 g/mol. The molecule has 0 amide bonds. The first-order chi connectivity index (χ1) is 12.5. The summed E-state index contributed by atoms with van der Waals surface area (Å²) >= 11 is 0. The fraction of sp³-hybridized carbons (Fsp3) is 1.00. The zero-order valence-electron chi connectivity index (χ0n) is 21.9. The van der Waals surface area contributed by atoms with Crippen molar-refractivity contribution in [3.63, 3.8) is 0 Å². The lowest BCUT2D eigenvalue weighted by Crippen LogP contribution is -2.50. The van der Waals surface area contributed by atoms with Crippen LogP contribution in [0.2, 0.25) is 0 Å². The smallest absolute Gasteiger partial charge is 0.113 e. The highest BCUT2D eigenvalue weighted by Gasteiger charge is 2.37. The van der Waals surface area contributed by atoms with Crippen molar-refractivity contribution in [1.82, 2.24) is 0 Å². The van der Waals surface area contributed by atoms with Gasteiger partial charge in [0, 0.05) is 0 Å². The number of ether oxygens (including phenoxy) is 5. The van der Waals surface area contributed by atoms with Crippen LogP contribution in [0.5, 0.6) is 0 Å². The minimum absolute atomic E-state index is 0.243. The Morgan fingerprint density at radius 3 is 0.862 bits per heavy atom. The van der Waals surface area contributed by atoms with Crippen molar-refractivity contribution in [2.45, 2.75) is 131 Å². The van der Waals surface area contributed by atoms with Gasteiger partial charge in [0.05, 0.1) is 48.8 Å². The summed E-state index contributed by atoms with van der Waals surface area (Å²) in [6.07, 6.45) is 0. The van der Waals surface area contributed by atoms with E-state index in [4.69, 9.17) is 23.7 Å². The molecule has 0 saturated heterocycles. The maximum Gasteiger partial charge on any atom is 0.113 e. The first-order valence-electron chi connectivity index (χ1n) is 10.8. The van der Waals surface area contributed by atoms with Gasteiger partial charge in [-0.3, -0.25) is 0 Å². The summed E-state index contributed by atoms with van der Waals surface area (Å²) in [5, 5.41) is 0. The molecule has 0 N–H and O–H groups in total. The summed E-state index contributed by atoms with van der Waals surface area (Å²) in [5.41, 5.74) is -2.24. The van der Waals surface area contributed by atoms with Crippen LogP contribution in [0.4, 0.5) is 0 Å². The molecule has 0 aliphatic carbocycles. The van der Waals surface area contributed by atoms with Crippen LogP contribution < -0.4 is 0 Å². The SMILES string of the molecule is CC(C)(C)OCC(C)(COCC(C)(COC(C)(C)C)OC(C)(C)C)OC(C)(C)C. The number of hydrogen-bond acceptors (Lipinski definition) is 5. The first kappa shape index (κ1) is 28.8. The lowest BCUT2D eigenvalue weighted by Gasteiger charge is -2.41. The summed E-state index contributed by atoms with van der Waals surface area (Å²) in [6.45, 7) is 30.3. The van der Waals surface area contributed by atoms with Gasteiger partial charge in [0.15, 0.2) is 0 Å². The molecule has 0 saturated carbocycles. The maximum atomic E-state index is 6.33. The highest BCUT2D eigenvalue weighted by molar-refractivity contribution is 4.84. The van der Waals surface area contributed by atoms with E-state index in [1.807, 2.05) is 96.9 Å². The van der Waals surface area contributed by atoms with Crippen molar-refractivity contribution >= 4 is 0 Å². The van der Waals surface area contributed by atoms with Crippen molar-refractivity contribution in [3.8, 4) is 0 Å². The molecule has 0 spiro atoms. The first-order valence-corrected chi connectivity index (χ1v) is 10.8. The van der Waals surface area contributed by atoms with Crippen LogP contribution in [-0.4, -0.2) is 60.0 Å². The van der Waals surface area contributed by atoms with Crippen LogP contribution in [0.25, 0.3) is 0 Å². The standard InChI is InChI=1S/C24H50O5/c1-19(2,3)26-17-23(13,28-21(7,8)9)15-25-16-24(14,29-22(10,11)12)18-27-20(4,5)6/h15-18H2,1-14H3. The van der Waals surface area contributed by atoms with E-state index in [-0.39, 0.29) is 22.4 Å². The van der Waals surface area contributed by atoms with Crippen molar-refractivity contribution in [2.24, 2.45) is 0 Å². The molecule has 2 atom stereocenters. The van der Waals surface area contributed by atoms with E-state index in [9.17, 15) is 0 Å². The summed E-state index contributed by atoms with van der Waals surface area (Å²) in [6, 6.07) is 0. The van der Waals surface area contributed by atoms with Crippen LogP contribution in [0, 0.1) is 0 Å². The van der Waals surface area contributed by atoms with Crippen molar-refractivity contribution in [1.29, 1.82) is 0 Å². The monoisotopic (exact) mass is 418 g/mol. The van der Waals surface area contributed by atoms with Gasteiger partial charge in [0.1, 0.15) is 11.2 Å². The van der Waals surface area contributed by atoms with E-state index in [1.54, 1.807) is 0 Å². The minimum atomic E-state index is -0.570. The Morgan fingerprint density at radius 2 is 0.655 bits per heavy atom. The van der Waals surface area contributed by atoms with E-state index in [2.05, 4.69) is 0 Å². The number of hydrogen-bond donors (Lipinski definition) is 0. The van der Waals surface area contributed by atoms with Crippen LogP contribution in [-0.2, 0) is 23.7 Å². The van der Waals surface area contributed by atoms with Gasteiger partial charge in [-0.1, -0.05) is 0 Å². The second-order valence-electron chi connectivity index (χ2n) is 12.6. The quantitative estimate of drug-likeness (QED) is 0.450. The second-order valence-corrected chi connectivity index (χ2v) is 12.6. The van der Waals surface area contributed by atoms with Crippen molar-refractivity contribution in [3.05, 3.63) is 0 Å². The fourth-order valence-corrected chi connectivity index (χ4v) is 2.90. The largest absolute Gasteiger partial charge is 0.375 e.